The first-order chi connectivity index (χ1) is 10.4. The van der Waals surface area contributed by atoms with Crippen molar-refractivity contribution < 1.29 is 0 Å². The van der Waals surface area contributed by atoms with Crippen LogP contribution in [0.15, 0.2) is 30.3 Å². The lowest BCUT2D eigenvalue weighted by molar-refractivity contribution is 0.516. The van der Waals surface area contributed by atoms with Gasteiger partial charge in [0, 0.05) is 28.0 Å². The predicted octanol–water partition coefficient (Wildman–Crippen LogP) is 4.83. The lowest BCUT2D eigenvalue weighted by Crippen LogP contribution is -2.08. The molecule has 0 atom stereocenters. The Bertz CT molecular complexity index is 559. The molecule has 0 spiro atoms. The normalized spacial score (nSPS) is 16.2. The second kappa shape index (κ2) is 7.43. The van der Waals surface area contributed by atoms with Crippen LogP contribution in [0.1, 0.15) is 42.0 Å². The van der Waals surface area contributed by atoms with Crippen molar-refractivity contribution in [2.75, 3.05) is 0 Å². The average molecular weight is 319 g/mol. The molecule has 1 aliphatic rings. The maximum atomic E-state index is 5.90. The van der Waals surface area contributed by atoms with Crippen LogP contribution in [0.2, 0.25) is 0 Å². The number of rotatable bonds is 5. The van der Waals surface area contributed by atoms with E-state index in [9.17, 15) is 0 Å². The van der Waals surface area contributed by atoms with E-state index in [1.54, 1.807) is 11.3 Å². The molecule has 1 aliphatic carbocycles. The minimum atomic E-state index is 0.579. The first-order valence-electron chi connectivity index (χ1n) is 7.72. The van der Waals surface area contributed by atoms with E-state index >= 15 is 0 Å². The van der Waals surface area contributed by atoms with Crippen LogP contribution in [0.25, 0.3) is 11.3 Å². The Labute approximate surface area is 135 Å². The molecule has 2 N–H and O–H groups in total. The monoisotopic (exact) mass is 318 g/mol. The molecule has 0 saturated heterocycles. The second-order valence-electron chi connectivity index (χ2n) is 5.52. The third-order valence-corrected chi connectivity index (χ3v) is 6.61. The SMILES string of the molecule is NCc1sc(CSC2CCCCC2)nc1-c1ccccc1. The van der Waals surface area contributed by atoms with Crippen molar-refractivity contribution >= 4 is 23.1 Å². The number of aromatic nitrogens is 1. The fourth-order valence-corrected chi connectivity index (χ4v) is 5.16. The Kier molecular flexibility index (Phi) is 5.33. The van der Waals surface area contributed by atoms with Crippen LogP contribution in [0.3, 0.4) is 0 Å². The van der Waals surface area contributed by atoms with Gasteiger partial charge in [0.25, 0.3) is 0 Å². The Morgan fingerprint density at radius 1 is 1.14 bits per heavy atom. The maximum Gasteiger partial charge on any atom is 0.103 e. The van der Waals surface area contributed by atoms with Gasteiger partial charge >= 0.3 is 0 Å². The van der Waals surface area contributed by atoms with Gasteiger partial charge in [0.2, 0.25) is 0 Å². The topological polar surface area (TPSA) is 38.9 Å². The highest BCUT2D eigenvalue weighted by Gasteiger charge is 2.16. The highest BCUT2D eigenvalue weighted by molar-refractivity contribution is 7.99. The molecule has 1 saturated carbocycles. The van der Waals surface area contributed by atoms with Crippen LogP contribution in [-0.2, 0) is 12.3 Å². The largest absolute Gasteiger partial charge is 0.326 e. The summed E-state index contributed by atoms with van der Waals surface area (Å²) in [5.74, 6) is 1.04. The summed E-state index contributed by atoms with van der Waals surface area (Å²) in [5.41, 5.74) is 8.17. The lowest BCUT2D eigenvalue weighted by Gasteiger charge is -2.20. The van der Waals surface area contributed by atoms with Crippen LogP contribution in [-0.4, -0.2) is 10.2 Å². The zero-order valence-corrected chi connectivity index (χ0v) is 13.9. The van der Waals surface area contributed by atoms with Crippen molar-refractivity contribution in [1.29, 1.82) is 0 Å². The molecule has 112 valence electrons. The highest BCUT2D eigenvalue weighted by Crippen LogP contribution is 2.34. The number of benzene rings is 1. The average Bonchev–Trinajstić information content (AvgIpc) is 2.98. The summed E-state index contributed by atoms with van der Waals surface area (Å²) in [5, 5.41) is 2.06. The zero-order valence-electron chi connectivity index (χ0n) is 12.3. The Hall–Kier alpha value is -0.840. The molecule has 3 rings (SSSR count). The lowest BCUT2D eigenvalue weighted by atomic mass is 10.0. The molecule has 1 fully saturated rings. The van der Waals surface area contributed by atoms with Gasteiger partial charge in [-0.15, -0.1) is 11.3 Å². The van der Waals surface area contributed by atoms with Gasteiger partial charge < -0.3 is 5.73 Å². The van der Waals surface area contributed by atoms with E-state index in [1.807, 2.05) is 6.07 Å². The van der Waals surface area contributed by atoms with Crippen LogP contribution in [0.4, 0.5) is 0 Å². The summed E-state index contributed by atoms with van der Waals surface area (Å²) in [6, 6.07) is 10.4. The van der Waals surface area contributed by atoms with Crippen molar-refractivity contribution in [2.24, 2.45) is 5.73 Å². The van der Waals surface area contributed by atoms with E-state index in [1.165, 1.54) is 47.6 Å². The molecule has 21 heavy (non-hydrogen) atoms. The first-order valence-corrected chi connectivity index (χ1v) is 9.59. The molecule has 4 heteroatoms. The minimum absolute atomic E-state index is 0.579. The smallest absolute Gasteiger partial charge is 0.103 e. The standard InChI is InChI=1S/C17H22N2S2/c18-11-15-17(13-7-3-1-4-8-13)19-16(21-15)12-20-14-9-5-2-6-10-14/h1,3-4,7-8,14H,2,5-6,9-12,18H2. The molecule has 0 unspecified atom stereocenters. The van der Waals surface area contributed by atoms with Gasteiger partial charge in [0.15, 0.2) is 0 Å². The number of thioether (sulfide) groups is 1. The van der Waals surface area contributed by atoms with Gasteiger partial charge in [0.1, 0.15) is 5.01 Å². The molecule has 2 aromatic rings. The van der Waals surface area contributed by atoms with Crippen LogP contribution in [0, 0.1) is 0 Å². The third kappa shape index (κ3) is 3.87. The van der Waals surface area contributed by atoms with Gasteiger partial charge in [0.05, 0.1) is 5.69 Å². The number of hydrogen-bond donors (Lipinski definition) is 1. The van der Waals surface area contributed by atoms with Gasteiger partial charge in [-0.3, -0.25) is 0 Å². The molecule has 0 radical (unpaired) electrons. The predicted molar refractivity (Wildman–Crippen MR) is 93.6 cm³/mol. The van der Waals surface area contributed by atoms with Gasteiger partial charge in [-0.1, -0.05) is 49.6 Å². The van der Waals surface area contributed by atoms with Crippen LogP contribution >= 0.6 is 23.1 Å². The summed E-state index contributed by atoms with van der Waals surface area (Å²) < 4.78 is 0. The summed E-state index contributed by atoms with van der Waals surface area (Å²) in [4.78, 5) is 6.06. The molecule has 1 aromatic heterocycles. The molecule has 1 heterocycles. The molecule has 0 bridgehead atoms. The van der Waals surface area contributed by atoms with Crippen LogP contribution in [0.5, 0.6) is 0 Å². The van der Waals surface area contributed by atoms with E-state index in [4.69, 9.17) is 10.7 Å². The van der Waals surface area contributed by atoms with E-state index in [0.717, 1.165) is 16.7 Å². The van der Waals surface area contributed by atoms with Crippen molar-refractivity contribution in [3.05, 3.63) is 40.2 Å². The van der Waals surface area contributed by atoms with Gasteiger partial charge in [-0.25, -0.2) is 4.98 Å². The Balaban J connectivity index is 1.70. The van der Waals surface area contributed by atoms with Crippen molar-refractivity contribution in [1.82, 2.24) is 4.98 Å². The summed E-state index contributed by atoms with van der Waals surface area (Å²) in [6.45, 7) is 0.579. The van der Waals surface area contributed by atoms with E-state index in [0.29, 0.717) is 6.54 Å². The summed E-state index contributed by atoms with van der Waals surface area (Å²) >= 11 is 3.87. The summed E-state index contributed by atoms with van der Waals surface area (Å²) in [7, 11) is 0. The van der Waals surface area contributed by atoms with Crippen molar-refractivity contribution in [3.8, 4) is 11.3 Å². The van der Waals surface area contributed by atoms with Crippen LogP contribution < -0.4 is 5.73 Å². The van der Waals surface area contributed by atoms with Crippen molar-refractivity contribution in [3.63, 3.8) is 0 Å². The quantitative estimate of drug-likeness (QED) is 0.857. The third-order valence-electron chi connectivity index (χ3n) is 3.97. The van der Waals surface area contributed by atoms with Crippen molar-refractivity contribution in [2.45, 2.75) is 49.7 Å². The zero-order chi connectivity index (χ0) is 14.5. The number of nitrogens with zero attached hydrogens (tertiary/aromatic N) is 1. The van der Waals surface area contributed by atoms with Gasteiger partial charge in [-0.2, -0.15) is 11.8 Å². The molecule has 2 nitrogen and oxygen atoms in total. The minimum Gasteiger partial charge on any atom is -0.326 e. The molecule has 0 aliphatic heterocycles. The number of hydrogen-bond acceptors (Lipinski definition) is 4. The fourth-order valence-electron chi connectivity index (χ4n) is 2.84. The molecule has 0 amide bonds. The number of nitrogens with two attached hydrogens (primary N) is 1. The molecule has 1 aromatic carbocycles. The second-order valence-corrected chi connectivity index (χ2v) is 7.98. The van der Waals surface area contributed by atoms with E-state index in [2.05, 4.69) is 36.0 Å². The molecular formula is C17H22N2S2. The Morgan fingerprint density at radius 2 is 1.90 bits per heavy atom. The van der Waals surface area contributed by atoms with Gasteiger partial charge in [-0.05, 0) is 12.8 Å². The maximum absolute atomic E-state index is 5.90. The fraction of sp³-hybridized carbons (Fsp3) is 0.471. The van der Waals surface area contributed by atoms with E-state index in [-0.39, 0.29) is 0 Å². The first kappa shape index (κ1) is 15.1. The molecular weight excluding hydrogens is 296 g/mol. The Morgan fingerprint density at radius 3 is 2.62 bits per heavy atom. The summed E-state index contributed by atoms with van der Waals surface area (Å²) in [6.07, 6.45) is 6.98. The highest BCUT2D eigenvalue weighted by atomic mass is 32.2. The number of thiazole rings is 1. The van der Waals surface area contributed by atoms with E-state index < -0.39 is 0 Å².